The van der Waals surface area contributed by atoms with Crippen LogP contribution in [-0.4, -0.2) is 20.6 Å². The molecule has 2 aromatic rings. The predicted molar refractivity (Wildman–Crippen MR) is 64.4 cm³/mol. The molecule has 2 rings (SSSR count). The first-order valence-corrected chi connectivity index (χ1v) is 5.38. The second-order valence-corrected chi connectivity index (χ2v) is 4.13. The molecular formula is C13H14N2O2. The van der Waals surface area contributed by atoms with E-state index >= 15 is 0 Å². The number of aryl methyl sites for hydroxylation is 2. The molecule has 1 aromatic heterocycles. The maximum Gasteiger partial charge on any atom is 0.309 e. The van der Waals surface area contributed by atoms with Crippen LogP contribution in [0.3, 0.4) is 0 Å². The van der Waals surface area contributed by atoms with Gasteiger partial charge in [-0.1, -0.05) is 12.1 Å². The summed E-state index contributed by atoms with van der Waals surface area (Å²) in [5, 5.41) is 8.70. The molecule has 0 atom stereocenters. The summed E-state index contributed by atoms with van der Waals surface area (Å²) < 4.78 is 1.86. The summed E-state index contributed by atoms with van der Waals surface area (Å²) in [7, 11) is 0. The third-order valence-corrected chi connectivity index (χ3v) is 2.61. The lowest BCUT2D eigenvalue weighted by Crippen LogP contribution is -2.00. The van der Waals surface area contributed by atoms with Crippen molar-refractivity contribution in [2.75, 3.05) is 0 Å². The number of carboxylic acid groups (broad SMARTS) is 1. The van der Waals surface area contributed by atoms with Crippen LogP contribution in [0.5, 0.6) is 0 Å². The largest absolute Gasteiger partial charge is 0.481 e. The van der Waals surface area contributed by atoms with Crippen molar-refractivity contribution in [3.05, 3.63) is 47.5 Å². The number of aliphatic carboxylic acids is 1. The van der Waals surface area contributed by atoms with E-state index in [1.165, 1.54) is 5.56 Å². The number of nitrogens with zero attached hydrogens (tertiary/aromatic N) is 2. The van der Waals surface area contributed by atoms with Crippen molar-refractivity contribution in [3.8, 4) is 5.69 Å². The van der Waals surface area contributed by atoms with Crippen LogP contribution >= 0.6 is 0 Å². The summed E-state index contributed by atoms with van der Waals surface area (Å²) in [6.45, 7) is 4.05. The zero-order chi connectivity index (χ0) is 12.4. The standard InChI is InChI=1S/C13H14N2O2/c1-9-3-4-10(2)12(5-9)15-7-11(14-8-15)6-13(16)17/h3-5,7-8H,6H2,1-2H3,(H,16,17). The van der Waals surface area contributed by atoms with Gasteiger partial charge >= 0.3 is 5.97 Å². The van der Waals surface area contributed by atoms with E-state index in [0.717, 1.165) is 11.3 Å². The van der Waals surface area contributed by atoms with Gasteiger partial charge in [0.05, 0.1) is 18.4 Å². The summed E-state index contributed by atoms with van der Waals surface area (Å²) in [6, 6.07) is 6.15. The smallest absolute Gasteiger partial charge is 0.309 e. The Hall–Kier alpha value is -2.10. The first-order valence-electron chi connectivity index (χ1n) is 5.38. The number of imidazole rings is 1. The maximum atomic E-state index is 10.6. The number of benzene rings is 1. The minimum Gasteiger partial charge on any atom is -0.481 e. The Morgan fingerprint density at radius 3 is 2.88 bits per heavy atom. The molecule has 0 amide bonds. The van der Waals surface area contributed by atoms with Crippen LogP contribution in [0, 0.1) is 13.8 Å². The summed E-state index contributed by atoms with van der Waals surface area (Å²) in [4.78, 5) is 14.7. The van der Waals surface area contributed by atoms with Crippen LogP contribution in [-0.2, 0) is 11.2 Å². The lowest BCUT2D eigenvalue weighted by Gasteiger charge is -2.07. The lowest BCUT2D eigenvalue weighted by atomic mass is 10.1. The molecule has 0 aliphatic heterocycles. The molecule has 4 heteroatoms. The van der Waals surface area contributed by atoms with Crippen LogP contribution in [0.1, 0.15) is 16.8 Å². The average Bonchev–Trinajstić information content (AvgIpc) is 2.69. The Labute approximate surface area is 99.5 Å². The van der Waals surface area contributed by atoms with Gasteiger partial charge in [0.1, 0.15) is 0 Å². The van der Waals surface area contributed by atoms with E-state index in [1.54, 1.807) is 12.5 Å². The summed E-state index contributed by atoms with van der Waals surface area (Å²) in [6.07, 6.45) is 3.37. The fourth-order valence-corrected chi connectivity index (χ4v) is 1.74. The normalized spacial score (nSPS) is 10.5. The van der Waals surface area contributed by atoms with Gasteiger partial charge in [-0.05, 0) is 31.0 Å². The van der Waals surface area contributed by atoms with Crippen molar-refractivity contribution in [2.24, 2.45) is 0 Å². The summed E-state index contributed by atoms with van der Waals surface area (Å²) in [5.41, 5.74) is 3.90. The van der Waals surface area contributed by atoms with E-state index in [2.05, 4.69) is 11.1 Å². The van der Waals surface area contributed by atoms with E-state index in [9.17, 15) is 4.79 Å². The molecule has 1 heterocycles. The SMILES string of the molecule is Cc1ccc(C)c(-n2cnc(CC(=O)O)c2)c1. The average molecular weight is 230 g/mol. The van der Waals surface area contributed by atoms with Crippen LogP contribution in [0.4, 0.5) is 0 Å². The van der Waals surface area contributed by atoms with Crippen LogP contribution in [0.2, 0.25) is 0 Å². The summed E-state index contributed by atoms with van der Waals surface area (Å²) >= 11 is 0. The molecule has 0 aliphatic carbocycles. The minimum absolute atomic E-state index is 0.0438. The molecule has 0 radical (unpaired) electrons. The molecule has 88 valence electrons. The van der Waals surface area contributed by atoms with E-state index < -0.39 is 5.97 Å². The van der Waals surface area contributed by atoms with Crippen LogP contribution < -0.4 is 0 Å². The second-order valence-electron chi connectivity index (χ2n) is 4.13. The van der Waals surface area contributed by atoms with Gasteiger partial charge in [0.2, 0.25) is 0 Å². The van der Waals surface area contributed by atoms with E-state index in [1.807, 2.05) is 30.5 Å². The molecule has 0 aliphatic rings. The van der Waals surface area contributed by atoms with Crippen molar-refractivity contribution >= 4 is 5.97 Å². The molecule has 0 saturated carbocycles. The molecule has 0 saturated heterocycles. The Bertz CT molecular complexity index is 558. The molecule has 0 fully saturated rings. The monoisotopic (exact) mass is 230 g/mol. The molecular weight excluding hydrogens is 216 g/mol. The van der Waals surface area contributed by atoms with Gasteiger partial charge in [0.25, 0.3) is 0 Å². The van der Waals surface area contributed by atoms with E-state index in [4.69, 9.17) is 5.11 Å². The third-order valence-electron chi connectivity index (χ3n) is 2.61. The molecule has 0 spiro atoms. The Balaban J connectivity index is 2.36. The number of rotatable bonds is 3. The Morgan fingerprint density at radius 1 is 1.41 bits per heavy atom. The van der Waals surface area contributed by atoms with Gasteiger partial charge < -0.3 is 9.67 Å². The van der Waals surface area contributed by atoms with Gasteiger partial charge in [-0.2, -0.15) is 0 Å². The van der Waals surface area contributed by atoms with E-state index in [0.29, 0.717) is 5.69 Å². The van der Waals surface area contributed by atoms with Gasteiger partial charge in [0, 0.05) is 11.9 Å². The highest BCUT2D eigenvalue weighted by Crippen LogP contribution is 2.16. The lowest BCUT2D eigenvalue weighted by molar-refractivity contribution is -0.136. The molecule has 1 N–H and O–H groups in total. The maximum absolute atomic E-state index is 10.6. The number of hydrogen-bond acceptors (Lipinski definition) is 2. The van der Waals surface area contributed by atoms with Gasteiger partial charge in [-0.3, -0.25) is 4.79 Å². The quantitative estimate of drug-likeness (QED) is 0.878. The molecule has 0 bridgehead atoms. The number of aromatic nitrogens is 2. The fourth-order valence-electron chi connectivity index (χ4n) is 1.74. The number of carboxylic acids is 1. The highest BCUT2D eigenvalue weighted by molar-refractivity contribution is 5.69. The van der Waals surface area contributed by atoms with Gasteiger partial charge in [0.15, 0.2) is 0 Å². The highest BCUT2D eigenvalue weighted by Gasteiger charge is 2.06. The first kappa shape index (κ1) is 11.4. The Morgan fingerprint density at radius 2 is 2.18 bits per heavy atom. The van der Waals surface area contributed by atoms with Gasteiger partial charge in [-0.25, -0.2) is 4.98 Å². The second kappa shape index (κ2) is 4.41. The van der Waals surface area contributed by atoms with Crippen molar-refractivity contribution < 1.29 is 9.90 Å². The van der Waals surface area contributed by atoms with Crippen molar-refractivity contribution in [2.45, 2.75) is 20.3 Å². The zero-order valence-electron chi connectivity index (χ0n) is 9.84. The number of hydrogen-bond donors (Lipinski definition) is 1. The topological polar surface area (TPSA) is 55.1 Å². The minimum atomic E-state index is -0.865. The zero-order valence-corrected chi connectivity index (χ0v) is 9.84. The third kappa shape index (κ3) is 2.53. The molecule has 1 aromatic carbocycles. The number of carbonyl (C=O) groups is 1. The predicted octanol–water partition coefficient (Wildman–Crippen LogP) is 2.12. The Kier molecular flexibility index (Phi) is 2.95. The van der Waals surface area contributed by atoms with Crippen LogP contribution in [0.15, 0.2) is 30.7 Å². The van der Waals surface area contributed by atoms with Crippen LogP contribution in [0.25, 0.3) is 5.69 Å². The van der Waals surface area contributed by atoms with Gasteiger partial charge in [-0.15, -0.1) is 0 Å². The molecule has 17 heavy (non-hydrogen) atoms. The summed E-state index contributed by atoms with van der Waals surface area (Å²) in [5.74, 6) is -0.865. The van der Waals surface area contributed by atoms with Crippen molar-refractivity contribution in [1.82, 2.24) is 9.55 Å². The first-order chi connectivity index (χ1) is 8.06. The highest BCUT2D eigenvalue weighted by atomic mass is 16.4. The van der Waals surface area contributed by atoms with Crippen molar-refractivity contribution in [3.63, 3.8) is 0 Å². The molecule has 4 nitrogen and oxygen atoms in total. The van der Waals surface area contributed by atoms with E-state index in [-0.39, 0.29) is 6.42 Å². The molecule has 0 unspecified atom stereocenters. The van der Waals surface area contributed by atoms with Crippen molar-refractivity contribution in [1.29, 1.82) is 0 Å². The fraction of sp³-hybridized carbons (Fsp3) is 0.231.